The Morgan fingerprint density at radius 3 is 2.62 bits per heavy atom. The lowest BCUT2D eigenvalue weighted by Crippen LogP contribution is -2.30. The molecule has 0 radical (unpaired) electrons. The molecule has 152 valence electrons. The molecule has 6 nitrogen and oxygen atoms in total. The van der Waals surface area contributed by atoms with Crippen LogP contribution in [0.2, 0.25) is 5.02 Å². The minimum absolute atomic E-state index is 0. The Labute approximate surface area is 181 Å². The van der Waals surface area contributed by atoms with E-state index in [0.29, 0.717) is 36.0 Å². The second-order valence-corrected chi connectivity index (χ2v) is 7.57. The van der Waals surface area contributed by atoms with Crippen LogP contribution in [0.4, 0.5) is 0 Å². The quantitative estimate of drug-likeness (QED) is 0.685. The second kappa shape index (κ2) is 8.95. The van der Waals surface area contributed by atoms with Crippen LogP contribution in [0.3, 0.4) is 0 Å². The molecule has 0 bridgehead atoms. The number of benzene rings is 2. The van der Waals surface area contributed by atoms with Gasteiger partial charge in [-0.25, -0.2) is 4.68 Å². The Kier molecular flexibility index (Phi) is 6.57. The number of carbonyl (C=O) groups is 1. The average Bonchev–Trinajstić information content (AvgIpc) is 3.32. The molecule has 29 heavy (non-hydrogen) atoms. The van der Waals surface area contributed by atoms with Crippen LogP contribution in [0.5, 0.6) is 0 Å². The van der Waals surface area contributed by atoms with E-state index in [1.54, 1.807) is 16.8 Å². The molecule has 1 fully saturated rings. The standard InChI is InChI=1S/C21H22ClN5O.ClH/c1-14-20(24-25-27(14)18-9-5-8-17(22)10-18)21(28)26-12-16(11-23)19(13-26)15-6-3-2-4-7-15;/h2-10,16,19H,11-13,23H2,1H3;1H/t16-,19+;/m1./s1. The maximum Gasteiger partial charge on any atom is 0.276 e. The summed E-state index contributed by atoms with van der Waals surface area (Å²) in [7, 11) is 0. The first-order chi connectivity index (χ1) is 13.6. The fourth-order valence-corrected chi connectivity index (χ4v) is 4.07. The largest absolute Gasteiger partial charge is 0.336 e. The zero-order valence-corrected chi connectivity index (χ0v) is 17.6. The molecule has 1 aliphatic rings. The van der Waals surface area contributed by atoms with Crippen molar-refractivity contribution < 1.29 is 4.79 Å². The van der Waals surface area contributed by atoms with Crippen molar-refractivity contribution in [2.45, 2.75) is 12.8 Å². The van der Waals surface area contributed by atoms with E-state index in [2.05, 4.69) is 22.4 Å². The van der Waals surface area contributed by atoms with Crippen molar-refractivity contribution in [3.8, 4) is 5.69 Å². The SMILES string of the molecule is Cc1c(C(=O)N2C[C@@H](CN)[C@H](c3ccccc3)C2)nnn1-c1cccc(Cl)c1.Cl. The number of amides is 1. The Bertz CT molecular complexity index is 992. The van der Waals surface area contributed by atoms with E-state index >= 15 is 0 Å². The fourth-order valence-electron chi connectivity index (χ4n) is 3.88. The normalized spacial score (nSPS) is 18.5. The first-order valence-electron chi connectivity index (χ1n) is 9.31. The summed E-state index contributed by atoms with van der Waals surface area (Å²) < 4.78 is 1.64. The van der Waals surface area contributed by atoms with Crippen molar-refractivity contribution in [3.63, 3.8) is 0 Å². The predicted molar refractivity (Wildman–Crippen MR) is 116 cm³/mol. The average molecular weight is 432 g/mol. The van der Waals surface area contributed by atoms with Crippen LogP contribution in [0, 0.1) is 12.8 Å². The maximum atomic E-state index is 13.2. The molecule has 2 aromatic carbocycles. The van der Waals surface area contributed by atoms with Gasteiger partial charge in [0.1, 0.15) is 0 Å². The molecule has 0 saturated carbocycles. The minimum atomic E-state index is -0.109. The molecule has 2 N–H and O–H groups in total. The third-order valence-corrected chi connectivity index (χ3v) is 5.64. The monoisotopic (exact) mass is 431 g/mol. The molecule has 0 aliphatic carbocycles. The summed E-state index contributed by atoms with van der Waals surface area (Å²) in [5.74, 6) is 0.357. The van der Waals surface area contributed by atoms with Crippen LogP contribution < -0.4 is 5.73 Å². The minimum Gasteiger partial charge on any atom is -0.336 e. The van der Waals surface area contributed by atoms with Gasteiger partial charge in [0.2, 0.25) is 0 Å². The van der Waals surface area contributed by atoms with Crippen molar-refractivity contribution >= 4 is 29.9 Å². The maximum absolute atomic E-state index is 13.2. The highest BCUT2D eigenvalue weighted by atomic mass is 35.5. The van der Waals surface area contributed by atoms with Crippen LogP contribution in [0.15, 0.2) is 54.6 Å². The molecule has 4 rings (SSSR count). The number of rotatable bonds is 4. The van der Waals surface area contributed by atoms with Gasteiger partial charge >= 0.3 is 0 Å². The molecule has 0 unspecified atom stereocenters. The molecule has 3 aromatic rings. The molecule has 8 heteroatoms. The molecule has 1 amide bonds. The van der Waals surface area contributed by atoms with Crippen LogP contribution in [0.1, 0.15) is 27.7 Å². The van der Waals surface area contributed by atoms with Gasteiger partial charge < -0.3 is 10.6 Å². The van der Waals surface area contributed by atoms with Gasteiger partial charge in [-0.3, -0.25) is 4.79 Å². The van der Waals surface area contributed by atoms with Crippen LogP contribution >= 0.6 is 24.0 Å². The first-order valence-corrected chi connectivity index (χ1v) is 9.69. The van der Waals surface area contributed by atoms with Crippen molar-refractivity contribution in [2.75, 3.05) is 19.6 Å². The number of carbonyl (C=O) groups excluding carboxylic acids is 1. The summed E-state index contributed by atoms with van der Waals surface area (Å²) in [6.07, 6.45) is 0. The van der Waals surface area contributed by atoms with Gasteiger partial charge in [0, 0.05) is 24.0 Å². The van der Waals surface area contributed by atoms with E-state index < -0.39 is 0 Å². The third-order valence-electron chi connectivity index (χ3n) is 5.41. The number of likely N-dealkylation sites (tertiary alicyclic amines) is 1. The smallest absolute Gasteiger partial charge is 0.276 e. The lowest BCUT2D eigenvalue weighted by atomic mass is 9.89. The second-order valence-electron chi connectivity index (χ2n) is 7.14. The van der Waals surface area contributed by atoms with Gasteiger partial charge in [0.05, 0.1) is 11.4 Å². The highest BCUT2D eigenvalue weighted by molar-refractivity contribution is 6.30. The summed E-state index contributed by atoms with van der Waals surface area (Å²) in [6, 6.07) is 17.6. The topological polar surface area (TPSA) is 77.0 Å². The van der Waals surface area contributed by atoms with Gasteiger partial charge in [-0.1, -0.05) is 53.2 Å². The number of aromatic nitrogens is 3. The Hall–Kier alpha value is -2.41. The van der Waals surface area contributed by atoms with E-state index in [-0.39, 0.29) is 30.2 Å². The van der Waals surface area contributed by atoms with E-state index in [1.165, 1.54) is 5.56 Å². The van der Waals surface area contributed by atoms with E-state index in [9.17, 15) is 4.79 Å². The van der Waals surface area contributed by atoms with Crippen molar-refractivity contribution in [1.29, 1.82) is 0 Å². The van der Waals surface area contributed by atoms with Crippen LogP contribution in [-0.2, 0) is 0 Å². The Morgan fingerprint density at radius 2 is 1.93 bits per heavy atom. The Morgan fingerprint density at radius 1 is 1.17 bits per heavy atom. The summed E-state index contributed by atoms with van der Waals surface area (Å²) in [4.78, 5) is 15.0. The van der Waals surface area contributed by atoms with Gasteiger partial charge in [0.15, 0.2) is 5.69 Å². The van der Waals surface area contributed by atoms with Crippen molar-refractivity contribution in [1.82, 2.24) is 19.9 Å². The zero-order valence-electron chi connectivity index (χ0n) is 16.0. The summed E-state index contributed by atoms with van der Waals surface area (Å²) in [5, 5.41) is 8.94. The molecular weight excluding hydrogens is 409 g/mol. The van der Waals surface area contributed by atoms with Crippen molar-refractivity contribution in [3.05, 3.63) is 76.6 Å². The molecular formula is C21H23Cl2N5O. The van der Waals surface area contributed by atoms with Crippen LogP contribution in [-0.4, -0.2) is 45.4 Å². The molecule has 1 saturated heterocycles. The van der Waals surface area contributed by atoms with Gasteiger partial charge in [-0.2, -0.15) is 0 Å². The molecule has 1 aliphatic heterocycles. The fraction of sp³-hybridized carbons (Fsp3) is 0.286. The summed E-state index contributed by atoms with van der Waals surface area (Å²) in [5.41, 5.74) is 9.06. The lowest BCUT2D eigenvalue weighted by molar-refractivity contribution is 0.0779. The number of halogens is 2. The predicted octanol–water partition coefficient (Wildman–Crippen LogP) is 3.47. The van der Waals surface area contributed by atoms with E-state index in [1.807, 2.05) is 42.2 Å². The highest BCUT2D eigenvalue weighted by Crippen LogP contribution is 2.33. The first kappa shape index (κ1) is 21.3. The summed E-state index contributed by atoms with van der Waals surface area (Å²) in [6.45, 7) is 3.64. The number of hydrogen-bond acceptors (Lipinski definition) is 4. The summed E-state index contributed by atoms with van der Waals surface area (Å²) >= 11 is 6.08. The molecule has 1 aromatic heterocycles. The number of hydrogen-bond donors (Lipinski definition) is 1. The molecule has 0 spiro atoms. The third kappa shape index (κ3) is 4.15. The number of nitrogens with zero attached hydrogens (tertiary/aromatic N) is 4. The Balaban J connectivity index is 0.00000240. The lowest BCUT2D eigenvalue weighted by Gasteiger charge is -2.16. The molecule has 2 atom stereocenters. The van der Waals surface area contributed by atoms with E-state index in [0.717, 1.165) is 5.69 Å². The van der Waals surface area contributed by atoms with Crippen molar-refractivity contribution in [2.24, 2.45) is 11.7 Å². The van der Waals surface area contributed by atoms with Crippen LogP contribution in [0.25, 0.3) is 5.69 Å². The molecule has 2 heterocycles. The number of nitrogens with two attached hydrogens (primary N) is 1. The zero-order chi connectivity index (χ0) is 19.7. The van der Waals surface area contributed by atoms with Gasteiger partial charge in [0.25, 0.3) is 5.91 Å². The van der Waals surface area contributed by atoms with E-state index in [4.69, 9.17) is 17.3 Å². The highest BCUT2D eigenvalue weighted by Gasteiger charge is 2.37. The van der Waals surface area contributed by atoms with Gasteiger partial charge in [-0.05, 0) is 43.1 Å². The van der Waals surface area contributed by atoms with Gasteiger partial charge in [-0.15, -0.1) is 17.5 Å².